The van der Waals surface area contributed by atoms with E-state index in [4.69, 9.17) is 29.6 Å². The topological polar surface area (TPSA) is 85.1 Å². The van der Waals surface area contributed by atoms with E-state index in [9.17, 15) is 8.42 Å². The second-order valence-corrected chi connectivity index (χ2v) is 7.68. The van der Waals surface area contributed by atoms with Crippen LogP contribution in [0.3, 0.4) is 0 Å². The number of sulfonamides is 1. The van der Waals surface area contributed by atoms with Crippen molar-refractivity contribution in [2.24, 2.45) is 5.73 Å². The summed E-state index contributed by atoms with van der Waals surface area (Å²) in [6, 6.07) is 3.94. The van der Waals surface area contributed by atoms with Crippen molar-refractivity contribution in [1.29, 1.82) is 0 Å². The second kappa shape index (κ2) is 6.37. The van der Waals surface area contributed by atoms with Gasteiger partial charge >= 0.3 is 0 Å². The molecule has 0 bridgehead atoms. The van der Waals surface area contributed by atoms with Crippen molar-refractivity contribution in [3.8, 4) is 0 Å². The first-order valence-corrected chi connectivity index (χ1v) is 8.97. The lowest BCUT2D eigenvalue weighted by Gasteiger charge is -2.13. The van der Waals surface area contributed by atoms with E-state index < -0.39 is 16.1 Å². The van der Waals surface area contributed by atoms with Gasteiger partial charge in [-0.1, -0.05) is 29.9 Å². The Morgan fingerprint density at radius 2 is 2.24 bits per heavy atom. The Balaban J connectivity index is 2.35. The quantitative estimate of drug-likeness (QED) is 0.799. The molecule has 1 unspecified atom stereocenters. The van der Waals surface area contributed by atoms with Gasteiger partial charge in [-0.15, -0.1) is 11.3 Å². The number of benzene rings is 1. The second-order valence-electron chi connectivity index (χ2n) is 4.22. The Labute approximate surface area is 137 Å². The first-order chi connectivity index (χ1) is 9.81. The largest absolute Gasteiger partial charge is 0.389 e. The van der Waals surface area contributed by atoms with Crippen molar-refractivity contribution in [2.45, 2.75) is 17.9 Å². The fraction of sp³-hybridized carbons (Fsp3) is 0.167. The van der Waals surface area contributed by atoms with Crippen LogP contribution in [0.1, 0.15) is 23.5 Å². The Bertz CT molecular complexity index is 760. The van der Waals surface area contributed by atoms with Gasteiger partial charge in [-0.2, -0.15) is 0 Å². The van der Waals surface area contributed by atoms with Gasteiger partial charge in [0.1, 0.15) is 14.9 Å². The van der Waals surface area contributed by atoms with Crippen LogP contribution in [-0.4, -0.2) is 18.4 Å². The van der Waals surface area contributed by atoms with Gasteiger partial charge in [0.25, 0.3) is 0 Å². The van der Waals surface area contributed by atoms with E-state index in [-0.39, 0.29) is 14.9 Å². The van der Waals surface area contributed by atoms with E-state index in [1.807, 2.05) is 0 Å². The monoisotopic (exact) mass is 361 g/mol. The standard InChI is InChI=1S/C12H12ClN3O2S3/c1-7(12-15-4-5-20-12)16-21(17,18)10-6-8(11(14)19)2-3-9(10)13/h2-7,16H,1H3,(H2,14,19). The van der Waals surface area contributed by atoms with Gasteiger partial charge in [0.2, 0.25) is 10.0 Å². The Morgan fingerprint density at radius 3 is 2.81 bits per heavy atom. The van der Waals surface area contributed by atoms with Crippen molar-refractivity contribution < 1.29 is 8.42 Å². The van der Waals surface area contributed by atoms with Gasteiger partial charge in [0, 0.05) is 17.1 Å². The van der Waals surface area contributed by atoms with E-state index >= 15 is 0 Å². The molecular weight excluding hydrogens is 350 g/mol. The average Bonchev–Trinajstić information content (AvgIpc) is 2.92. The molecule has 0 aliphatic carbocycles. The van der Waals surface area contributed by atoms with Crippen LogP contribution in [0.4, 0.5) is 0 Å². The van der Waals surface area contributed by atoms with Crippen LogP contribution in [0.5, 0.6) is 0 Å². The van der Waals surface area contributed by atoms with Crippen molar-refractivity contribution in [2.75, 3.05) is 0 Å². The molecule has 0 amide bonds. The van der Waals surface area contributed by atoms with Crippen LogP contribution in [0.2, 0.25) is 5.02 Å². The number of nitrogens with zero attached hydrogens (tertiary/aromatic N) is 1. The highest BCUT2D eigenvalue weighted by atomic mass is 35.5. The summed E-state index contributed by atoms with van der Waals surface area (Å²) in [5, 5.41) is 2.55. The molecule has 9 heteroatoms. The maximum absolute atomic E-state index is 12.4. The molecule has 1 aromatic heterocycles. The van der Waals surface area contributed by atoms with Crippen LogP contribution < -0.4 is 10.5 Å². The number of halogens is 1. The normalized spacial score (nSPS) is 13.0. The number of thiocarbonyl (C=S) groups is 1. The summed E-state index contributed by atoms with van der Waals surface area (Å²) in [6.45, 7) is 1.71. The molecule has 1 atom stereocenters. The van der Waals surface area contributed by atoms with Crippen molar-refractivity contribution >= 4 is 50.2 Å². The third-order valence-corrected chi connectivity index (χ3v) is 5.88. The molecular formula is C12H12ClN3O2S3. The van der Waals surface area contributed by atoms with Gasteiger partial charge < -0.3 is 5.73 Å². The van der Waals surface area contributed by atoms with Crippen LogP contribution in [0.15, 0.2) is 34.7 Å². The predicted molar refractivity (Wildman–Crippen MR) is 88.2 cm³/mol. The van der Waals surface area contributed by atoms with Crippen LogP contribution >= 0.6 is 35.2 Å². The van der Waals surface area contributed by atoms with E-state index in [2.05, 4.69) is 9.71 Å². The highest BCUT2D eigenvalue weighted by Crippen LogP contribution is 2.25. The van der Waals surface area contributed by atoms with Crippen molar-refractivity contribution in [3.63, 3.8) is 0 Å². The zero-order valence-corrected chi connectivity index (χ0v) is 14.1. The molecule has 21 heavy (non-hydrogen) atoms. The van der Waals surface area contributed by atoms with E-state index in [1.165, 1.54) is 23.5 Å². The smallest absolute Gasteiger partial charge is 0.242 e. The lowest BCUT2D eigenvalue weighted by atomic mass is 10.2. The van der Waals surface area contributed by atoms with E-state index in [0.717, 1.165) is 0 Å². The fourth-order valence-electron chi connectivity index (χ4n) is 1.66. The average molecular weight is 362 g/mol. The summed E-state index contributed by atoms with van der Waals surface area (Å²) in [7, 11) is -3.80. The maximum atomic E-state index is 12.4. The molecule has 0 fully saturated rings. The molecule has 0 aliphatic heterocycles. The molecule has 0 saturated carbocycles. The lowest BCUT2D eigenvalue weighted by molar-refractivity contribution is 0.566. The van der Waals surface area contributed by atoms with Gasteiger partial charge in [0.05, 0.1) is 11.1 Å². The lowest BCUT2D eigenvalue weighted by Crippen LogP contribution is -2.27. The van der Waals surface area contributed by atoms with Crippen LogP contribution in [-0.2, 0) is 10.0 Å². The van der Waals surface area contributed by atoms with E-state index in [0.29, 0.717) is 10.6 Å². The molecule has 3 N–H and O–H groups in total. The summed E-state index contributed by atoms with van der Waals surface area (Å²) >= 11 is 12.2. The van der Waals surface area contributed by atoms with Crippen molar-refractivity contribution in [3.05, 3.63) is 45.4 Å². The highest BCUT2D eigenvalue weighted by molar-refractivity contribution is 7.89. The van der Waals surface area contributed by atoms with Crippen LogP contribution in [0.25, 0.3) is 0 Å². The Hall–Kier alpha value is -1.06. The SMILES string of the molecule is CC(NS(=O)(=O)c1cc(C(N)=S)ccc1Cl)c1nccs1. The Kier molecular flexibility index (Phi) is 4.95. The predicted octanol–water partition coefficient (Wildman–Crippen LogP) is 2.47. The molecule has 1 heterocycles. The third-order valence-electron chi connectivity index (χ3n) is 2.66. The van der Waals surface area contributed by atoms with Crippen molar-refractivity contribution in [1.82, 2.24) is 9.71 Å². The van der Waals surface area contributed by atoms with Gasteiger partial charge in [-0.25, -0.2) is 18.1 Å². The summed E-state index contributed by atoms with van der Waals surface area (Å²) in [5.74, 6) is 0. The summed E-state index contributed by atoms with van der Waals surface area (Å²) in [4.78, 5) is 4.13. The zero-order chi connectivity index (χ0) is 15.6. The zero-order valence-electron chi connectivity index (χ0n) is 10.9. The fourth-order valence-corrected chi connectivity index (χ4v) is 4.24. The molecule has 0 aliphatic rings. The third kappa shape index (κ3) is 3.78. The number of hydrogen-bond acceptors (Lipinski definition) is 5. The summed E-state index contributed by atoms with van der Waals surface area (Å²) in [5.41, 5.74) is 5.96. The van der Waals surface area contributed by atoms with Crippen LogP contribution in [0, 0.1) is 0 Å². The van der Waals surface area contributed by atoms with Gasteiger partial charge in [-0.05, 0) is 19.1 Å². The molecule has 2 aromatic rings. The number of hydrogen-bond donors (Lipinski definition) is 2. The maximum Gasteiger partial charge on any atom is 0.242 e. The minimum absolute atomic E-state index is 0.0575. The van der Waals surface area contributed by atoms with Gasteiger partial charge in [-0.3, -0.25) is 0 Å². The minimum atomic E-state index is -3.80. The Morgan fingerprint density at radius 1 is 1.52 bits per heavy atom. The number of thiazole rings is 1. The highest BCUT2D eigenvalue weighted by Gasteiger charge is 2.23. The minimum Gasteiger partial charge on any atom is -0.389 e. The summed E-state index contributed by atoms with van der Waals surface area (Å²) < 4.78 is 27.4. The molecule has 5 nitrogen and oxygen atoms in total. The first kappa shape index (κ1) is 16.3. The molecule has 1 aromatic carbocycles. The molecule has 0 saturated heterocycles. The molecule has 2 rings (SSSR count). The summed E-state index contributed by atoms with van der Waals surface area (Å²) in [6.07, 6.45) is 1.62. The van der Waals surface area contributed by atoms with Gasteiger partial charge in [0.15, 0.2) is 0 Å². The number of nitrogens with one attached hydrogen (secondary N) is 1. The molecule has 0 spiro atoms. The number of rotatable bonds is 5. The number of aromatic nitrogens is 1. The van der Waals surface area contributed by atoms with E-state index in [1.54, 1.807) is 24.6 Å². The molecule has 0 radical (unpaired) electrons. The number of nitrogens with two attached hydrogens (primary N) is 1. The molecule has 112 valence electrons. The first-order valence-electron chi connectivity index (χ1n) is 5.82.